The van der Waals surface area contributed by atoms with Crippen molar-refractivity contribution in [3.05, 3.63) is 59.7 Å². The van der Waals surface area contributed by atoms with E-state index < -0.39 is 0 Å². The SMILES string of the molecule is CCc1c(CC)c2c3ccccc3n(CC)c2c2c1c1ccccc1n2CC. The molecule has 2 nitrogen and oxygen atoms in total. The van der Waals surface area contributed by atoms with Crippen molar-refractivity contribution < 1.29 is 0 Å². The predicted molar refractivity (Wildman–Crippen MR) is 123 cm³/mol. The maximum atomic E-state index is 2.54. The van der Waals surface area contributed by atoms with E-state index in [0.717, 1.165) is 25.9 Å². The van der Waals surface area contributed by atoms with Crippen molar-refractivity contribution in [2.24, 2.45) is 0 Å². The molecule has 2 heterocycles. The second-order valence-electron chi connectivity index (χ2n) is 7.63. The number of rotatable bonds is 4. The summed E-state index contributed by atoms with van der Waals surface area (Å²) in [6.45, 7) is 11.2. The highest BCUT2D eigenvalue weighted by Crippen LogP contribution is 2.43. The van der Waals surface area contributed by atoms with E-state index in [1.807, 2.05) is 0 Å². The summed E-state index contributed by atoms with van der Waals surface area (Å²) in [6, 6.07) is 17.9. The molecule has 5 aromatic rings. The Kier molecular flexibility index (Phi) is 3.97. The van der Waals surface area contributed by atoms with Crippen LogP contribution in [0.2, 0.25) is 0 Å². The van der Waals surface area contributed by atoms with Gasteiger partial charge in [0.25, 0.3) is 0 Å². The highest BCUT2D eigenvalue weighted by Gasteiger charge is 2.23. The lowest BCUT2D eigenvalue weighted by atomic mass is 9.92. The smallest absolute Gasteiger partial charge is 0.0742 e. The van der Waals surface area contributed by atoms with E-state index in [0.29, 0.717) is 0 Å². The van der Waals surface area contributed by atoms with Crippen LogP contribution in [0.5, 0.6) is 0 Å². The molecule has 142 valence electrons. The first-order chi connectivity index (χ1) is 13.8. The minimum Gasteiger partial charge on any atom is -0.339 e. The molecule has 0 aliphatic heterocycles. The monoisotopic (exact) mass is 368 g/mol. The van der Waals surface area contributed by atoms with Crippen molar-refractivity contribution in [2.75, 3.05) is 0 Å². The second-order valence-corrected chi connectivity index (χ2v) is 7.63. The highest BCUT2D eigenvalue weighted by atomic mass is 15.0. The molecule has 2 aromatic heterocycles. The number of aromatic nitrogens is 2. The number of benzene rings is 3. The first-order valence-electron chi connectivity index (χ1n) is 10.7. The Hall–Kier alpha value is -2.74. The first-order valence-corrected chi connectivity index (χ1v) is 10.7. The van der Waals surface area contributed by atoms with Gasteiger partial charge in [0.1, 0.15) is 0 Å². The molecular formula is C26H28N2. The molecule has 0 fully saturated rings. The van der Waals surface area contributed by atoms with E-state index >= 15 is 0 Å². The van der Waals surface area contributed by atoms with E-state index in [9.17, 15) is 0 Å². The molecule has 0 amide bonds. The Morgan fingerprint density at radius 1 is 0.571 bits per heavy atom. The van der Waals surface area contributed by atoms with Crippen LogP contribution in [0.3, 0.4) is 0 Å². The first kappa shape index (κ1) is 17.4. The molecule has 0 saturated heterocycles. The van der Waals surface area contributed by atoms with Crippen molar-refractivity contribution in [3.8, 4) is 0 Å². The molecular weight excluding hydrogens is 340 g/mol. The average Bonchev–Trinajstić information content (AvgIpc) is 3.25. The molecule has 0 aliphatic carbocycles. The maximum Gasteiger partial charge on any atom is 0.0742 e. The predicted octanol–water partition coefficient (Wildman–Crippen LogP) is 7.07. The van der Waals surface area contributed by atoms with Gasteiger partial charge in [-0.2, -0.15) is 0 Å². The summed E-state index contributed by atoms with van der Waals surface area (Å²) in [6.07, 6.45) is 2.14. The fraction of sp³-hybridized carbons (Fsp3) is 0.308. The Bertz CT molecular complexity index is 1240. The van der Waals surface area contributed by atoms with Crippen LogP contribution in [0.4, 0.5) is 0 Å². The van der Waals surface area contributed by atoms with Crippen LogP contribution in [0, 0.1) is 0 Å². The number of nitrogens with zero attached hydrogens (tertiary/aromatic N) is 2. The second kappa shape index (κ2) is 6.41. The summed E-state index contributed by atoms with van der Waals surface area (Å²) in [5.74, 6) is 0. The van der Waals surface area contributed by atoms with Gasteiger partial charge in [0.05, 0.1) is 11.0 Å². The molecule has 0 saturated carbocycles. The van der Waals surface area contributed by atoms with E-state index in [4.69, 9.17) is 0 Å². The molecule has 2 heteroatoms. The molecule has 28 heavy (non-hydrogen) atoms. The van der Waals surface area contributed by atoms with Gasteiger partial charge in [-0.3, -0.25) is 0 Å². The molecule has 0 unspecified atom stereocenters. The number of aryl methyl sites for hydroxylation is 4. The van der Waals surface area contributed by atoms with Crippen LogP contribution < -0.4 is 0 Å². The van der Waals surface area contributed by atoms with Crippen LogP contribution >= 0.6 is 0 Å². The van der Waals surface area contributed by atoms with Gasteiger partial charge in [-0.25, -0.2) is 0 Å². The van der Waals surface area contributed by atoms with E-state index in [1.54, 1.807) is 0 Å². The van der Waals surface area contributed by atoms with Crippen LogP contribution in [0.25, 0.3) is 43.6 Å². The zero-order chi connectivity index (χ0) is 19.4. The maximum absolute atomic E-state index is 2.54. The van der Waals surface area contributed by atoms with Crippen molar-refractivity contribution in [3.63, 3.8) is 0 Å². The fourth-order valence-electron chi connectivity index (χ4n) is 5.45. The topological polar surface area (TPSA) is 9.86 Å². The summed E-state index contributed by atoms with van der Waals surface area (Å²) in [5, 5.41) is 5.75. The van der Waals surface area contributed by atoms with Crippen LogP contribution in [0.1, 0.15) is 38.8 Å². The zero-order valence-electron chi connectivity index (χ0n) is 17.3. The molecule has 0 N–H and O–H groups in total. The van der Waals surface area contributed by atoms with Crippen molar-refractivity contribution in [2.45, 2.75) is 53.6 Å². The van der Waals surface area contributed by atoms with Gasteiger partial charge in [-0.1, -0.05) is 50.2 Å². The largest absolute Gasteiger partial charge is 0.339 e. The number of hydrogen-bond acceptors (Lipinski definition) is 0. The molecule has 0 radical (unpaired) electrons. The van der Waals surface area contributed by atoms with Crippen molar-refractivity contribution in [1.29, 1.82) is 0 Å². The number of hydrogen-bond donors (Lipinski definition) is 0. The lowest BCUT2D eigenvalue weighted by Crippen LogP contribution is -2.01. The summed E-state index contributed by atoms with van der Waals surface area (Å²) in [7, 11) is 0. The minimum absolute atomic E-state index is 0.985. The Labute approximate surface area is 166 Å². The third kappa shape index (κ3) is 2.03. The van der Waals surface area contributed by atoms with Crippen LogP contribution in [-0.4, -0.2) is 9.13 Å². The zero-order valence-corrected chi connectivity index (χ0v) is 17.3. The molecule has 0 bridgehead atoms. The molecule has 0 atom stereocenters. The molecule has 5 rings (SSSR count). The van der Waals surface area contributed by atoms with Crippen LogP contribution in [-0.2, 0) is 25.9 Å². The van der Waals surface area contributed by atoms with Crippen molar-refractivity contribution >= 4 is 43.6 Å². The Balaban J connectivity index is 2.23. The van der Waals surface area contributed by atoms with Gasteiger partial charge in [0.15, 0.2) is 0 Å². The average molecular weight is 369 g/mol. The standard InChI is InChI=1S/C26H28N2/c1-5-17-18(6-2)24-20-14-10-12-16-22(20)28(8-4)26(24)25-23(17)19-13-9-11-15-21(19)27(25)7-3/h9-16H,5-8H2,1-4H3. The van der Waals surface area contributed by atoms with Gasteiger partial charge in [-0.15, -0.1) is 0 Å². The van der Waals surface area contributed by atoms with Gasteiger partial charge in [-0.05, 0) is 49.9 Å². The normalized spacial score (nSPS) is 12.1. The van der Waals surface area contributed by atoms with Crippen LogP contribution in [0.15, 0.2) is 48.5 Å². The lowest BCUT2D eigenvalue weighted by Gasteiger charge is -2.15. The summed E-state index contributed by atoms with van der Waals surface area (Å²) >= 11 is 0. The molecule has 0 aliphatic rings. The van der Waals surface area contributed by atoms with Gasteiger partial charge >= 0.3 is 0 Å². The lowest BCUT2D eigenvalue weighted by molar-refractivity contribution is 0.807. The summed E-state index contributed by atoms with van der Waals surface area (Å²) in [5.41, 5.74) is 8.63. The highest BCUT2D eigenvalue weighted by molar-refractivity contribution is 6.25. The number of fused-ring (bicyclic) bond motifs is 7. The van der Waals surface area contributed by atoms with Crippen molar-refractivity contribution in [1.82, 2.24) is 9.13 Å². The van der Waals surface area contributed by atoms with E-state index in [-0.39, 0.29) is 0 Å². The van der Waals surface area contributed by atoms with Gasteiger partial charge in [0.2, 0.25) is 0 Å². The number of para-hydroxylation sites is 2. The summed E-state index contributed by atoms with van der Waals surface area (Å²) < 4.78 is 5.08. The molecule has 0 spiro atoms. The van der Waals surface area contributed by atoms with Gasteiger partial charge in [0, 0.05) is 45.7 Å². The Morgan fingerprint density at radius 3 is 1.32 bits per heavy atom. The van der Waals surface area contributed by atoms with E-state index in [2.05, 4.69) is 85.4 Å². The summed E-state index contributed by atoms with van der Waals surface area (Å²) in [4.78, 5) is 0. The van der Waals surface area contributed by atoms with Gasteiger partial charge < -0.3 is 9.13 Å². The Morgan fingerprint density at radius 2 is 0.964 bits per heavy atom. The minimum atomic E-state index is 0.985. The fourth-order valence-corrected chi connectivity index (χ4v) is 5.45. The third-order valence-electron chi connectivity index (χ3n) is 6.47. The third-order valence-corrected chi connectivity index (χ3v) is 6.47. The molecule has 3 aromatic carbocycles. The quantitative estimate of drug-likeness (QED) is 0.321. The van der Waals surface area contributed by atoms with E-state index in [1.165, 1.54) is 54.7 Å².